The number of anilines is 2. The number of hydrogen-bond donors (Lipinski definition) is 2. The normalized spacial score (nSPS) is 28.6. The largest absolute Gasteiger partial charge is 0.377 e. The molecule has 3 N–H and O–H groups in total. The average Bonchev–Trinajstić information content (AvgIpc) is 3.00. The molecule has 1 fully saturated rings. The van der Waals surface area contributed by atoms with E-state index in [0.717, 1.165) is 30.0 Å². The molecule has 0 saturated carbocycles. The third kappa shape index (κ3) is 2.06. The third-order valence-electron chi connectivity index (χ3n) is 4.10. The maximum absolute atomic E-state index is 11.6. The number of nitrogens with two attached hydrogens (primary N) is 1. The number of nitrogens with zero attached hydrogens (tertiary/aromatic N) is 1. The maximum atomic E-state index is 11.6. The Labute approximate surface area is 117 Å². The molecule has 0 aliphatic carbocycles. The van der Waals surface area contributed by atoms with Crippen molar-refractivity contribution >= 4 is 17.3 Å². The zero-order valence-corrected chi connectivity index (χ0v) is 11.6. The number of hydrogen-bond acceptors (Lipinski definition) is 5. The van der Waals surface area contributed by atoms with E-state index < -0.39 is 6.04 Å². The van der Waals surface area contributed by atoms with Crippen LogP contribution in [-0.4, -0.2) is 45.4 Å². The summed E-state index contributed by atoms with van der Waals surface area (Å²) in [6, 6.07) is 5.31. The fourth-order valence-corrected chi connectivity index (χ4v) is 2.88. The quantitative estimate of drug-likeness (QED) is 0.841. The number of carbonyl (C=O) groups is 1. The van der Waals surface area contributed by atoms with Crippen molar-refractivity contribution < 1.29 is 14.3 Å². The number of ether oxygens (including phenoxy) is 2. The zero-order valence-electron chi connectivity index (χ0n) is 11.6. The van der Waals surface area contributed by atoms with Crippen molar-refractivity contribution in [1.29, 1.82) is 0 Å². The summed E-state index contributed by atoms with van der Waals surface area (Å²) in [4.78, 5) is 13.8. The summed E-state index contributed by atoms with van der Waals surface area (Å²) < 4.78 is 10.9. The van der Waals surface area contributed by atoms with E-state index in [2.05, 4.69) is 10.2 Å². The van der Waals surface area contributed by atoms with Crippen molar-refractivity contribution in [2.75, 3.05) is 37.5 Å². The van der Waals surface area contributed by atoms with Crippen LogP contribution in [0.15, 0.2) is 18.2 Å². The van der Waals surface area contributed by atoms with Crippen LogP contribution in [0.3, 0.4) is 0 Å². The molecule has 3 atom stereocenters. The fourth-order valence-electron chi connectivity index (χ4n) is 2.88. The molecule has 2 aliphatic heterocycles. The van der Waals surface area contributed by atoms with Crippen LogP contribution in [0.5, 0.6) is 0 Å². The van der Waals surface area contributed by atoms with E-state index in [9.17, 15) is 4.79 Å². The molecule has 2 heterocycles. The first-order valence-electron chi connectivity index (χ1n) is 6.65. The summed E-state index contributed by atoms with van der Waals surface area (Å²) in [5.41, 5.74) is 8.51. The Morgan fingerprint density at radius 1 is 1.25 bits per heavy atom. The second kappa shape index (κ2) is 5.05. The topological polar surface area (TPSA) is 76.8 Å². The Morgan fingerprint density at radius 3 is 2.50 bits per heavy atom. The molecule has 3 rings (SSSR count). The van der Waals surface area contributed by atoms with Gasteiger partial charge in [-0.15, -0.1) is 0 Å². The van der Waals surface area contributed by atoms with Gasteiger partial charge < -0.3 is 25.4 Å². The summed E-state index contributed by atoms with van der Waals surface area (Å²) in [5.74, 6) is -0.150. The lowest BCUT2D eigenvalue weighted by molar-refractivity contribution is -0.116. The van der Waals surface area contributed by atoms with Crippen molar-refractivity contribution in [3.63, 3.8) is 0 Å². The summed E-state index contributed by atoms with van der Waals surface area (Å²) >= 11 is 0. The lowest BCUT2D eigenvalue weighted by Gasteiger charge is -2.19. The van der Waals surface area contributed by atoms with E-state index in [-0.39, 0.29) is 18.1 Å². The van der Waals surface area contributed by atoms with Gasteiger partial charge in [-0.05, 0) is 12.1 Å². The van der Waals surface area contributed by atoms with Gasteiger partial charge in [-0.3, -0.25) is 4.79 Å². The highest BCUT2D eigenvalue weighted by atomic mass is 16.5. The van der Waals surface area contributed by atoms with Crippen LogP contribution in [0.2, 0.25) is 0 Å². The van der Waals surface area contributed by atoms with E-state index in [0.29, 0.717) is 0 Å². The second-order valence-corrected chi connectivity index (χ2v) is 5.19. The van der Waals surface area contributed by atoms with Crippen LogP contribution in [0.1, 0.15) is 11.6 Å². The van der Waals surface area contributed by atoms with Gasteiger partial charge in [-0.1, -0.05) is 6.07 Å². The van der Waals surface area contributed by atoms with Gasteiger partial charge in [0.2, 0.25) is 5.91 Å². The zero-order chi connectivity index (χ0) is 14.3. The number of carbonyl (C=O) groups excluding carboxylic acids is 1. The standard InChI is InChI=1S/C14H19N3O3/c1-19-11-6-17(7-12(11)20-2)8-3-4-9-10(5-8)16-14(18)13(9)15/h3-5,11-13H,6-7,15H2,1-2H3,(H,16,18). The minimum atomic E-state index is -0.559. The average molecular weight is 277 g/mol. The molecule has 0 spiro atoms. The molecule has 1 amide bonds. The van der Waals surface area contributed by atoms with Crippen molar-refractivity contribution in [1.82, 2.24) is 0 Å². The lowest BCUT2D eigenvalue weighted by atomic mass is 10.1. The van der Waals surface area contributed by atoms with E-state index in [1.807, 2.05) is 18.2 Å². The SMILES string of the molecule is COC1CN(c2ccc3c(c2)NC(=O)C3N)CC1OC. The van der Waals surface area contributed by atoms with Crippen LogP contribution in [0.25, 0.3) is 0 Å². The highest BCUT2D eigenvalue weighted by Gasteiger charge is 2.34. The molecular formula is C14H19N3O3. The van der Waals surface area contributed by atoms with Crippen molar-refractivity contribution in [3.05, 3.63) is 23.8 Å². The van der Waals surface area contributed by atoms with Crippen molar-refractivity contribution in [2.45, 2.75) is 18.2 Å². The summed E-state index contributed by atoms with van der Waals surface area (Å²) in [5, 5.41) is 2.81. The third-order valence-corrected chi connectivity index (χ3v) is 4.10. The molecule has 108 valence electrons. The van der Waals surface area contributed by atoms with Crippen LogP contribution in [0.4, 0.5) is 11.4 Å². The molecule has 1 saturated heterocycles. The predicted molar refractivity (Wildman–Crippen MR) is 75.8 cm³/mol. The molecule has 20 heavy (non-hydrogen) atoms. The van der Waals surface area contributed by atoms with Gasteiger partial charge in [0, 0.05) is 44.2 Å². The highest BCUT2D eigenvalue weighted by Crippen LogP contribution is 2.34. The number of rotatable bonds is 3. The number of amides is 1. The van der Waals surface area contributed by atoms with Crippen LogP contribution in [0, 0.1) is 0 Å². The molecule has 1 aromatic rings. The first kappa shape index (κ1) is 13.4. The predicted octanol–water partition coefficient (Wildman–Crippen LogP) is 0.488. The van der Waals surface area contributed by atoms with Gasteiger partial charge in [-0.2, -0.15) is 0 Å². The van der Waals surface area contributed by atoms with Crippen LogP contribution in [-0.2, 0) is 14.3 Å². The monoisotopic (exact) mass is 277 g/mol. The van der Waals surface area contributed by atoms with Crippen molar-refractivity contribution in [3.8, 4) is 0 Å². The first-order valence-corrected chi connectivity index (χ1v) is 6.65. The summed E-state index contributed by atoms with van der Waals surface area (Å²) in [6.07, 6.45) is 0.121. The van der Waals surface area contributed by atoms with E-state index in [1.54, 1.807) is 14.2 Å². The molecule has 6 heteroatoms. The number of nitrogens with one attached hydrogen (secondary N) is 1. The number of benzene rings is 1. The molecule has 1 aromatic carbocycles. The maximum Gasteiger partial charge on any atom is 0.245 e. The molecule has 0 bridgehead atoms. The molecule has 0 aromatic heterocycles. The second-order valence-electron chi connectivity index (χ2n) is 5.19. The van der Waals surface area contributed by atoms with Gasteiger partial charge in [0.25, 0.3) is 0 Å². The van der Waals surface area contributed by atoms with Crippen LogP contribution < -0.4 is 16.0 Å². The highest BCUT2D eigenvalue weighted by molar-refractivity contribution is 6.02. The van der Waals surface area contributed by atoms with E-state index in [4.69, 9.17) is 15.2 Å². The smallest absolute Gasteiger partial charge is 0.245 e. The molecule has 2 aliphatic rings. The number of methoxy groups -OCH3 is 2. The summed E-state index contributed by atoms with van der Waals surface area (Å²) in [7, 11) is 3.39. The van der Waals surface area contributed by atoms with E-state index >= 15 is 0 Å². The van der Waals surface area contributed by atoms with Crippen molar-refractivity contribution in [2.24, 2.45) is 5.73 Å². The summed E-state index contributed by atoms with van der Waals surface area (Å²) in [6.45, 7) is 1.54. The van der Waals surface area contributed by atoms with Gasteiger partial charge in [0.15, 0.2) is 0 Å². The molecule has 3 unspecified atom stereocenters. The fraction of sp³-hybridized carbons (Fsp3) is 0.500. The Bertz CT molecular complexity index is 522. The molecule has 0 radical (unpaired) electrons. The van der Waals surface area contributed by atoms with Crippen LogP contribution >= 0.6 is 0 Å². The molecule has 6 nitrogen and oxygen atoms in total. The number of fused-ring (bicyclic) bond motifs is 1. The van der Waals surface area contributed by atoms with Gasteiger partial charge in [-0.25, -0.2) is 0 Å². The minimum absolute atomic E-state index is 0.0603. The van der Waals surface area contributed by atoms with E-state index in [1.165, 1.54) is 0 Å². The molecular weight excluding hydrogens is 258 g/mol. The van der Waals surface area contributed by atoms with Gasteiger partial charge >= 0.3 is 0 Å². The lowest BCUT2D eigenvalue weighted by Crippen LogP contribution is -2.27. The first-order chi connectivity index (χ1) is 9.63. The van der Waals surface area contributed by atoms with Gasteiger partial charge in [0.1, 0.15) is 18.2 Å². The Kier molecular flexibility index (Phi) is 3.37. The Morgan fingerprint density at radius 2 is 1.90 bits per heavy atom. The van der Waals surface area contributed by atoms with Gasteiger partial charge in [0.05, 0.1) is 0 Å². The minimum Gasteiger partial charge on any atom is -0.377 e. The Balaban J connectivity index is 1.83. The Hall–Kier alpha value is -1.63.